The first kappa shape index (κ1) is 16.6. The Hall–Kier alpha value is -0.730. The van der Waals surface area contributed by atoms with Crippen LogP contribution in [0.2, 0.25) is 5.02 Å². The van der Waals surface area contributed by atoms with Crippen LogP contribution in [0.15, 0.2) is 6.07 Å². The molecule has 0 aromatic heterocycles. The number of benzene rings is 1. The number of ether oxygens (including phenoxy) is 2. The average molecular weight is 311 g/mol. The van der Waals surface area contributed by atoms with Gasteiger partial charge in [-0.2, -0.15) is 0 Å². The molecule has 1 aliphatic rings. The molecule has 2 rings (SSSR count). The van der Waals surface area contributed by atoms with E-state index in [-0.39, 0.29) is 0 Å². The van der Waals surface area contributed by atoms with Crippen molar-refractivity contribution in [2.45, 2.75) is 72.0 Å². The Labute approximate surface area is 133 Å². The maximum atomic E-state index is 6.48. The Morgan fingerprint density at radius 3 is 2.48 bits per heavy atom. The summed E-state index contributed by atoms with van der Waals surface area (Å²) in [6.07, 6.45) is 4.11. The van der Waals surface area contributed by atoms with Crippen LogP contribution in [0, 0.1) is 13.8 Å². The summed E-state index contributed by atoms with van der Waals surface area (Å²) in [6, 6.07) is 2.09. The van der Waals surface area contributed by atoms with Crippen molar-refractivity contribution in [1.29, 1.82) is 0 Å². The third-order valence-electron chi connectivity index (χ3n) is 4.50. The highest BCUT2D eigenvalue weighted by Gasteiger charge is 2.39. The lowest BCUT2D eigenvalue weighted by Crippen LogP contribution is -2.09. The molecular weight excluding hydrogens is 284 g/mol. The van der Waals surface area contributed by atoms with E-state index in [2.05, 4.69) is 26.8 Å². The first-order valence-electron chi connectivity index (χ1n) is 8.11. The van der Waals surface area contributed by atoms with Crippen molar-refractivity contribution in [2.24, 2.45) is 0 Å². The third-order valence-corrected chi connectivity index (χ3v) is 5.08. The fraction of sp³-hybridized carbons (Fsp3) is 0.667. The zero-order chi connectivity index (χ0) is 15.6. The lowest BCUT2D eigenvalue weighted by atomic mass is 9.86. The van der Waals surface area contributed by atoms with Crippen LogP contribution in [0.3, 0.4) is 0 Å². The fourth-order valence-electron chi connectivity index (χ4n) is 3.23. The summed E-state index contributed by atoms with van der Waals surface area (Å²) in [4.78, 5) is 0. The summed E-state index contributed by atoms with van der Waals surface area (Å²) >= 11 is 6.48. The normalized spacial score (nSPS) is 22.2. The summed E-state index contributed by atoms with van der Waals surface area (Å²) in [5.41, 5.74) is 3.53. The zero-order valence-electron chi connectivity index (χ0n) is 13.8. The standard InChI is InChI=1S/C18H27ClO2/c1-6-13(10-15-14(7-2)21-15)17-12(5)18(19)11(4)9-16(17)20-8-3/h9,13-15H,6-8,10H2,1-5H3. The summed E-state index contributed by atoms with van der Waals surface area (Å²) in [7, 11) is 0. The molecule has 1 aromatic rings. The molecule has 0 aliphatic carbocycles. The largest absolute Gasteiger partial charge is 0.494 e. The van der Waals surface area contributed by atoms with Crippen molar-refractivity contribution in [3.8, 4) is 5.75 Å². The van der Waals surface area contributed by atoms with Gasteiger partial charge in [0.05, 0.1) is 18.8 Å². The molecule has 1 heterocycles. The second-order valence-electron chi connectivity index (χ2n) is 5.94. The Kier molecular flexibility index (Phi) is 5.56. The molecule has 1 aromatic carbocycles. The van der Waals surface area contributed by atoms with Crippen molar-refractivity contribution < 1.29 is 9.47 Å². The van der Waals surface area contributed by atoms with Crippen LogP contribution >= 0.6 is 11.6 Å². The van der Waals surface area contributed by atoms with Crippen molar-refractivity contribution in [1.82, 2.24) is 0 Å². The zero-order valence-corrected chi connectivity index (χ0v) is 14.6. The molecule has 1 fully saturated rings. The predicted molar refractivity (Wildman–Crippen MR) is 88.7 cm³/mol. The van der Waals surface area contributed by atoms with Gasteiger partial charge in [0.15, 0.2) is 0 Å². The molecule has 3 unspecified atom stereocenters. The molecule has 3 atom stereocenters. The lowest BCUT2D eigenvalue weighted by molar-refractivity contribution is 0.325. The van der Waals surface area contributed by atoms with Gasteiger partial charge >= 0.3 is 0 Å². The maximum Gasteiger partial charge on any atom is 0.123 e. The third kappa shape index (κ3) is 3.54. The summed E-state index contributed by atoms with van der Waals surface area (Å²) < 4.78 is 11.6. The minimum absolute atomic E-state index is 0.411. The van der Waals surface area contributed by atoms with E-state index in [4.69, 9.17) is 21.1 Å². The van der Waals surface area contributed by atoms with Crippen LogP contribution in [-0.2, 0) is 4.74 Å². The van der Waals surface area contributed by atoms with E-state index in [1.807, 2.05) is 13.8 Å². The Morgan fingerprint density at radius 1 is 1.24 bits per heavy atom. The van der Waals surface area contributed by atoms with Gasteiger partial charge in [0.2, 0.25) is 0 Å². The summed E-state index contributed by atoms with van der Waals surface area (Å²) in [5, 5.41) is 0.871. The average Bonchev–Trinajstić information content (AvgIpc) is 3.22. The molecule has 1 aliphatic heterocycles. The molecule has 0 bridgehead atoms. The van der Waals surface area contributed by atoms with Crippen LogP contribution in [0.4, 0.5) is 0 Å². The summed E-state index contributed by atoms with van der Waals surface area (Å²) in [5.74, 6) is 1.45. The van der Waals surface area contributed by atoms with E-state index in [1.54, 1.807) is 0 Å². The highest BCUT2D eigenvalue weighted by Crippen LogP contribution is 2.43. The number of hydrogen-bond donors (Lipinski definition) is 0. The fourth-order valence-corrected chi connectivity index (χ4v) is 3.39. The van der Waals surface area contributed by atoms with E-state index >= 15 is 0 Å². The van der Waals surface area contributed by atoms with Crippen molar-refractivity contribution in [3.05, 3.63) is 27.8 Å². The van der Waals surface area contributed by atoms with Gasteiger partial charge in [-0.1, -0.05) is 25.4 Å². The number of epoxide rings is 1. The van der Waals surface area contributed by atoms with Crippen LogP contribution < -0.4 is 4.74 Å². The van der Waals surface area contributed by atoms with E-state index in [0.717, 1.165) is 35.6 Å². The van der Waals surface area contributed by atoms with Gasteiger partial charge in [0, 0.05) is 10.6 Å². The van der Waals surface area contributed by atoms with Crippen molar-refractivity contribution in [2.75, 3.05) is 6.61 Å². The second kappa shape index (κ2) is 7.02. The van der Waals surface area contributed by atoms with Crippen molar-refractivity contribution in [3.63, 3.8) is 0 Å². The van der Waals surface area contributed by atoms with E-state index in [0.29, 0.717) is 24.7 Å². The lowest BCUT2D eigenvalue weighted by Gasteiger charge is -2.23. The smallest absolute Gasteiger partial charge is 0.123 e. The number of rotatable bonds is 7. The van der Waals surface area contributed by atoms with Gasteiger partial charge in [-0.3, -0.25) is 0 Å². The van der Waals surface area contributed by atoms with Gasteiger partial charge in [0.25, 0.3) is 0 Å². The molecule has 118 valence electrons. The predicted octanol–water partition coefficient (Wildman–Crippen LogP) is 5.42. The van der Waals surface area contributed by atoms with Crippen LogP contribution in [-0.4, -0.2) is 18.8 Å². The maximum absolute atomic E-state index is 6.48. The highest BCUT2D eigenvalue weighted by molar-refractivity contribution is 6.32. The molecule has 1 saturated heterocycles. The molecule has 21 heavy (non-hydrogen) atoms. The summed E-state index contributed by atoms with van der Waals surface area (Å²) in [6.45, 7) is 11.3. The van der Waals surface area contributed by atoms with Gasteiger partial charge in [-0.05, 0) is 63.1 Å². The van der Waals surface area contributed by atoms with E-state index < -0.39 is 0 Å². The van der Waals surface area contributed by atoms with Gasteiger partial charge in [-0.25, -0.2) is 0 Å². The number of hydrogen-bond acceptors (Lipinski definition) is 2. The van der Waals surface area contributed by atoms with Crippen LogP contribution in [0.25, 0.3) is 0 Å². The molecule has 0 spiro atoms. The van der Waals surface area contributed by atoms with Gasteiger partial charge < -0.3 is 9.47 Å². The second-order valence-corrected chi connectivity index (χ2v) is 6.32. The minimum Gasteiger partial charge on any atom is -0.494 e. The van der Waals surface area contributed by atoms with Gasteiger partial charge in [-0.15, -0.1) is 0 Å². The molecule has 0 radical (unpaired) electrons. The first-order chi connectivity index (χ1) is 10.0. The topological polar surface area (TPSA) is 21.8 Å². The molecule has 0 saturated carbocycles. The Morgan fingerprint density at radius 2 is 1.95 bits per heavy atom. The SMILES string of the molecule is CCOc1cc(C)c(Cl)c(C)c1C(CC)CC1OC1CC. The van der Waals surface area contributed by atoms with E-state index in [9.17, 15) is 0 Å². The van der Waals surface area contributed by atoms with Gasteiger partial charge in [0.1, 0.15) is 5.75 Å². The quantitative estimate of drug-likeness (QED) is 0.627. The number of aryl methyl sites for hydroxylation is 1. The van der Waals surface area contributed by atoms with E-state index in [1.165, 1.54) is 11.1 Å². The molecular formula is C18H27ClO2. The van der Waals surface area contributed by atoms with Crippen LogP contribution in [0.5, 0.6) is 5.75 Å². The number of halogens is 1. The first-order valence-corrected chi connectivity index (χ1v) is 8.48. The highest BCUT2D eigenvalue weighted by atomic mass is 35.5. The Balaban J connectivity index is 2.32. The monoisotopic (exact) mass is 310 g/mol. The van der Waals surface area contributed by atoms with Crippen molar-refractivity contribution >= 4 is 11.6 Å². The Bertz CT molecular complexity index is 498. The minimum atomic E-state index is 0.411. The molecule has 3 heteroatoms. The molecule has 0 amide bonds. The molecule has 0 N–H and O–H groups in total. The van der Waals surface area contributed by atoms with Crippen LogP contribution in [0.1, 0.15) is 62.6 Å². The molecule has 2 nitrogen and oxygen atoms in total.